The van der Waals surface area contributed by atoms with Gasteiger partial charge in [0, 0.05) is 4.47 Å². The number of hydrogen-bond acceptors (Lipinski definition) is 2. The van der Waals surface area contributed by atoms with Crippen molar-refractivity contribution in [3.8, 4) is 5.75 Å². The van der Waals surface area contributed by atoms with Gasteiger partial charge in [0.15, 0.2) is 5.78 Å². The SMILES string of the molecule is CC1CCCCC12CC(=O)c1cc(Br)ccc1O2. The van der Waals surface area contributed by atoms with Crippen LogP contribution in [0, 0.1) is 5.92 Å². The molecular formula is C15H17BrO2. The predicted octanol–water partition coefficient (Wildman–Crippen LogP) is 4.36. The maximum absolute atomic E-state index is 12.4. The summed E-state index contributed by atoms with van der Waals surface area (Å²) in [7, 11) is 0. The van der Waals surface area contributed by atoms with Crippen molar-refractivity contribution in [3.05, 3.63) is 28.2 Å². The Hall–Kier alpha value is -0.830. The Morgan fingerprint density at radius 3 is 3.00 bits per heavy atom. The van der Waals surface area contributed by atoms with E-state index >= 15 is 0 Å². The Morgan fingerprint density at radius 1 is 1.39 bits per heavy atom. The summed E-state index contributed by atoms with van der Waals surface area (Å²) in [6.45, 7) is 2.22. The van der Waals surface area contributed by atoms with Crippen molar-refractivity contribution in [2.45, 2.75) is 44.6 Å². The van der Waals surface area contributed by atoms with E-state index in [0.29, 0.717) is 12.3 Å². The normalized spacial score (nSPS) is 31.0. The zero-order valence-electron chi connectivity index (χ0n) is 10.5. The van der Waals surface area contributed by atoms with Gasteiger partial charge in [0.2, 0.25) is 0 Å². The first-order valence-electron chi connectivity index (χ1n) is 6.62. The molecule has 1 fully saturated rings. The molecule has 2 atom stereocenters. The first kappa shape index (κ1) is 12.2. The molecule has 2 nitrogen and oxygen atoms in total. The van der Waals surface area contributed by atoms with Crippen molar-refractivity contribution in [3.63, 3.8) is 0 Å². The minimum atomic E-state index is -0.240. The van der Waals surface area contributed by atoms with Crippen molar-refractivity contribution in [2.75, 3.05) is 0 Å². The summed E-state index contributed by atoms with van der Waals surface area (Å²) in [5, 5.41) is 0. The smallest absolute Gasteiger partial charge is 0.170 e. The van der Waals surface area contributed by atoms with E-state index in [4.69, 9.17) is 4.74 Å². The summed E-state index contributed by atoms with van der Waals surface area (Å²) in [4.78, 5) is 12.4. The zero-order chi connectivity index (χ0) is 12.8. The number of carbonyl (C=O) groups excluding carboxylic acids is 1. The van der Waals surface area contributed by atoms with Gasteiger partial charge in [-0.25, -0.2) is 0 Å². The lowest BCUT2D eigenvalue weighted by atomic mass is 9.72. The largest absolute Gasteiger partial charge is 0.486 e. The third-order valence-electron chi connectivity index (χ3n) is 4.40. The molecule has 18 heavy (non-hydrogen) atoms. The van der Waals surface area contributed by atoms with Crippen molar-refractivity contribution < 1.29 is 9.53 Å². The van der Waals surface area contributed by atoms with Crippen LogP contribution in [0.4, 0.5) is 0 Å². The molecule has 0 amide bonds. The van der Waals surface area contributed by atoms with Crippen LogP contribution in [-0.2, 0) is 0 Å². The molecule has 3 rings (SSSR count). The summed E-state index contributed by atoms with van der Waals surface area (Å²) >= 11 is 3.41. The number of halogens is 1. The van der Waals surface area contributed by atoms with E-state index in [0.717, 1.165) is 22.2 Å². The van der Waals surface area contributed by atoms with Crippen molar-refractivity contribution in [1.82, 2.24) is 0 Å². The summed E-state index contributed by atoms with van der Waals surface area (Å²) < 4.78 is 7.19. The number of ether oxygens (including phenoxy) is 1. The van der Waals surface area contributed by atoms with Crippen LogP contribution in [0.1, 0.15) is 49.4 Å². The van der Waals surface area contributed by atoms with E-state index in [1.54, 1.807) is 0 Å². The Bertz CT molecular complexity index is 497. The number of ketones is 1. The molecule has 0 aromatic heterocycles. The maximum atomic E-state index is 12.4. The lowest BCUT2D eigenvalue weighted by Gasteiger charge is -2.45. The first-order valence-corrected chi connectivity index (χ1v) is 7.42. The van der Waals surface area contributed by atoms with Crippen LogP contribution >= 0.6 is 15.9 Å². The third-order valence-corrected chi connectivity index (χ3v) is 4.89. The fraction of sp³-hybridized carbons (Fsp3) is 0.533. The topological polar surface area (TPSA) is 26.3 Å². The fourth-order valence-corrected chi connectivity index (χ4v) is 3.59. The third kappa shape index (κ3) is 1.89. The van der Waals surface area contributed by atoms with Crippen LogP contribution in [0.2, 0.25) is 0 Å². The predicted molar refractivity (Wildman–Crippen MR) is 74.1 cm³/mol. The van der Waals surface area contributed by atoms with E-state index < -0.39 is 0 Å². The van der Waals surface area contributed by atoms with Gasteiger partial charge in [-0.3, -0.25) is 4.79 Å². The molecule has 0 N–H and O–H groups in total. The molecule has 1 aromatic carbocycles. The molecule has 2 unspecified atom stereocenters. The highest BCUT2D eigenvalue weighted by Gasteiger charge is 2.45. The van der Waals surface area contributed by atoms with Crippen LogP contribution in [0.3, 0.4) is 0 Å². The van der Waals surface area contributed by atoms with Gasteiger partial charge in [-0.15, -0.1) is 0 Å². The number of hydrogen-bond donors (Lipinski definition) is 0. The molecule has 1 aliphatic carbocycles. The van der Waals surface area contributed by atoms with E-state index in [9.17, 15) is 4.79 Å². The Labute approximate surface area is 116 Å². The highest BCUT2D eigenvalue weighted by molar-refractivity contribution is 9.10. The molecule has 2 aliphatic rings. The summed E-state index contributed by atoms with van der Waals surface area (Å²) in [5.74, 6) is 1.46. The summed E-state index contributed by atoms with van der Waals surface area (Å²) in [6, 6.07) is 5.73. The van der Waals surface area contributed by atoms with E-state index in [2.05, 4.69) is 22.9 Å². The lowest BCUT2D eigenvalue weighted by Crippen LogP contribution is -2.49. The molecule has 1 saturated carbocycles. The molecular weight excluding hydrogens is 292 g/mol. The second-order valence-electron chi connectivity index (χ2n) is 5.55. The van der Waals surface area contributed by atoms with Crippen LogP contribution in [-0.4, -0.2) is 11.4 Å². The van der Waals surface area contributed by atoms with Crippen molar-refractivity contribution >= 4 is 21.7 Å². The van der Waals surface area contributed by atoms with Gasteiger partial charge in [0.05, 0.1) is 12.0 Å². The van der Waals surface area contributed by atoms with Crippen LogP contribution in [0.5, 0.6) is 5.75 Å². The van der Waals surface area contributed by atoms with Gasteiger partial charge in [0.1, 0.15) is 11.4 Å². The molecule has 3 heteroatoms. The number of benzene rings is 1. The van der Waals surface area contributed by atoms with Gasteiger partial charge in [0.25, 0.3) is 0 Å². The highest BCUT2D eigenvalue weighted by Crippen LogP contribution is 2.45. The molecule has 0 bridgehead atoms. The Balaban J connectivity index is 2.00. The number of fused-ring (bicyclic) bond motifs is 1. The Kier molecular flexibility index (Phi) is 2.97. The minimum absolute atomic E-state index is 0.228. The summed E-state index contributed by atoms with van der Waals surface area (Å²) in [6.07, 6.45) is 5.14. The second-order valence-corrected chi connectivity index (χ2v) is 6.47. The molecule has 1 heterocycles. The average Bonchev–Trinajstić information content (AvgIpc) is 2.34. The van der Waals surface area contributed by atoms with Crippen LogP contribution < -0.4 is 4.74 Å². The van der Waals surface area contributed by atoms with E-state index in [-0.39, 0.29) is 11.4 Å². The number of carbonyl (C=O) groups is 1. The van der Waals surface area contributed by atoms with E-state index in [1.165, 1.54) is 19.3 Å². The van der Waals surface area contributed by atoms with Gasteiger partial charge >= 0.3 is 0 Å². The molecule has 1 spiro atoms. The highest BCUT2D eigenvalue weighted by atomic mass is 79.9. The van der Waals surface area contributed by atoms with E-state index in [1.807, 2.05) is 18.2 Å². The molecule has 0 radical (unpaired) electrons. The van der Waals surface area contributed by atoms with Crippen molar-refractivity contribution in [2.24, 2.45) is 5.92 Å². The zero-order valence-corrected chi connectivity index (χ0v) is 12.1. The number of Topliss-reactive ketones (excluding diaryl/α,β-unsaturated/α-hetero) is 1. The lowest BCUT2D eigenvalue weighted by molar-refractivity contribution is -0.0258. The fourth-order valence-electron chi connectivity index (χ4n) is 3.23. The summed E-state index contributed by atoms with van der Waals surface area (Å²) in [5.41, 5.74) is 0.490. The van der Waals surface area contributed by atoms with Crippen LogP contribution in [0.15, 0.2) is 22.7 Å². The maximum Gasteiger partial charge on any atom is 0.170 e. The standard InChI is InChI=1S/C15H17BrO2/c1-10-4-2-3-7-15(10)9-13(17)12-8-11(16)5-6-14(12)18-15/h5-6,8,10H,2-4,7,9H2,1H3. The minimum Gasteiger partial charge on any atom is -0.486 e. The van der Waals surface area contributed by atoms with Crippen molar-refractivity contribution in [1.29, 1.82) is 0 Å². The molecule has 0 saturated heterocycles. The first-order chi connectivity index (χ1) is 8.61. The quantitative estimate of drug-likeness (QED) is 0.711. The van der Waals surface area contributed by atoms with Gasteiger partial charge in [-0.2, -0.15) is 0 Å². The monoisotopic (exact) mass is 308 g/mol. The van der Waals surface area contributed by atoms with Gasteiger partial charge in [-0.05, 0) is 43.4 Å². The molecule has 96 valence electrons. The number of rotatable bonds is 0. The second kappa shape index (κ2) is 4.37. The Morgan fingerprint density at radius 2 is 2.22 bits per heavy atom. The van der Waals surface area contributed by atoms with Crippen LogP contribution in [0.25, 0.3) is 0 Å². The molecule has 1 aliphatic heterocycles. The van der Waals surface area contributed by atoms with Gasteiger partial charge < -0.3 is 4.74 Å². The van der Waals surface area contributed by atoms with Gasteiger partial charge in [-0.1, -0.05) is 29.3 Å². The molecule has 1 aromatic rings. The average molecular weight is 309 g/mol.